The molecule has 2 unspecified atom stereocenters. The highest BCUT2D eigenvalue weighted by molar-refractivity contribution is 7.89. The zero-order valence-corrected chi connectivity index (χ0v) is 20.3. The quantitative estimate of drug-likeness (QED) is 0.437. The van der Waals surface area contributed by atoms with Crippen LogP contribution in [-0.2, 0) is 26.2 Å². The fraction of sp³-hybridized carbons (Fsp3) is 0.360. The summed E-state index contributed by atoms with van der Waals surface area (Å²) in [5, 5.41) is 10.8. The van der Waals surface area contributed by atoms with Gasteiger partial charge in [-0.1, -0.05) is 18.2 Å². The minimum Gasteiger partial charge on any atom is -0.460 e. The Kier molecular flexibility index (Phi) is 6.37. The topological polar surface area (TPSA) is 114 Å². The standard InChI is InChI=1S/C25H27NO7S/c1-14-5-7-20(9-16(14)3)34(30,31)26-12-19(27)11-22(26)25(29)32-13-18-10-23(28)33-24-17(4)15(2)6-8-21(18)24/h5-10,19,22,27H,11-13H2,1-4H3. The minimum absolute atomic E-state index is 0.0556. The fourth-order valence-electron chi connectivity index (χ4n) is 4.16. The Morgan fingerprint density at radius 1 is 1.09 bits per heavy atom. The van der Waals surface area contributed by atoms with Crippen LogP contribution in [-0.4, -0.2) is 42.5 Å². The fourth-order valence-corrected chi connectivity index (χ4v) is 5.87. The second kappa shape index (κ2) is 8.98. The van der Waals surface area contributed by atoms with E-state index in [2.05, 4.69) is 0 Å². The Labute approximate surface area is 197 Å². The van der Waals surface area contributed by atoms with E-state index in [0.717, 1.165) is 26.6 Å². The molecule has 1 N–H and O–H groups in total. The molecule has 0 radical (unpaired) electrons. The molecule has 8 nitrogen and oxygen atoms in total. The summed E-state index contributed by atoms with van der Waals surface area (Å²) in [5.74, 6) is -0.783. The Bertz CT molecular complexity index is 1440. The third kappa shape index (κ3) is 4.38. The van der Waals surface area contributed by atoms with Crippen molar-refractivity contribution in [1.29, 1.82) is 0 Å². The molecule has 0 spiro atoms. The molecule has 1 aliphatic heterocycles. The molecular formula is C25H27NO7S. The van der Waals surface area contributed by atoms with Gasteiger partial charge in [-0.15, -0.1) is 0 Å². The Balaban J connectivity index is 1.60. The number of β-amino-alcohol motifs (C(OH)–C–C–N with tert-alkyl or cyclic N) is 1. The van der Waals surface area contributed by atoms with E-state index in [-0.39, 0.29) is 24.5 Å². The zero-order valence-electron chi connectivity index (χ0n) is 19.5. The lowest BCUT2D eigenvalue weighted by atomic mass is 10.0. The van der Waals surface area contributed by atoms with Crippen molar-refractivity contribution in [2.24, 2.45) is 0 Å². The highest BCUT2D eigenvalue weighted by atomic mass is 32.2. The average molecular weight is 486 g/mol. The first-order chi connectivity index (χ1) is 16.0. The number of carbonyl (C=O) groups is 1. The van der Waals surface area contributed by atoms with Crippen LogP contribution in [0.1, 0.15) is 34.2 Å². The van der Waals surface area contributed by atoms with E-state index in [1.165, 1.54) is 12.1 Å². The second-order valence-electron chi connectivity index (χ2n) is 8.81. The van der Waals surface area contributed by atoms with Gasteiger partial charge in [0.2, 0.25) is 10.0 Å². The van der Waals surface area contributed by atoms with E-state index >= 15 is 0 Å². The maximum Gasteiger partial charge on any atom is 0.336 e. The number of aliphatic hydroxyl groups is 1. The van der Waals surface area contributed by atoms with Crippen molar-refractivity contribution >= 4 is 27.0 Å². The SMILES string of the molecule is Cc1ccc(S(=O)(=O)N2CC(O)CC2C(=O)OCc2cc(=O)oc3c(C)c(C)ccc23)cc1C. The summed E-state index contributed by atoms with van der Waals surface area (Å²) in [5.41, 5.74) is 3.84. The summed E-state index contributed by atoms with van der Waals surface area (Å²) in [4.78, 5) is 25.1. The van der Waals surface area contributed by atoms with Crippen molar-refractivity contribution in [2.45, 2.75) is 57.8 Å². The predicted molar refractivity (Wildman–Crippen MR) is 126 cm³/mol. The van der Waals surface area contributed by atoms with Crippen LogP contribution in [0.4, 0.5) is 0 Å². The van der Waals surface area contributed by atoms with Gasteiger partial charge < -0.3 is 14.3 Å². The first-order valence-corrected chi connectivity index (χ1v) is 12.4. The van der Waals surface area contributed by atoms with Gasteiger partial charge in [-0.05, 0) is 62.1 Å². The summed E-state index contributed by atoms with van der Waals surface area (Å²) in [7, 11) is -4.03. The van der Waals surface area contributed by atoms with Crippen LogP contribution in [0.15, 0.2) is 50.5 Å². The van der Waals surface area contributed by atoms with Gasteiger partial charge in [-0.2, -0.15) is 4.31 Å². The molecule has 1 aliphatic rings. The minimum atomic E-state index is -4.03. The highest BCUT2D eigenvalue weighted by Gasteiger charge is 2.44. The molecule has 4 rings (SSSR count). The number of sulfonamides is 1. The number of benzene rings is 2. The zero-order chi connectivity index (χ0) is 24.8. The van der Waals surface area contributed by atoms with Crippen LogP contribution in [0.3, 0.4) is 0 Å². The van der Waals surface area contributed by atoms with Crippen LogP contribution < -0.4 is 5.63 Å². The van der Waals surface area contributed by atoms with Crippen LogP contribution >= 0.6 is 0 Å². The van der Waals surface area contributed by atoms with Gasteiger partial charge in [-0.25, -0.2) is 13.2 Å². The first kappa shape index (κ1) is 24.1. The molecule has 0 aliphatic carbocycles. The number of fused-ring (bicyclic) bond motifs is 1. The monoisotopic (exact) mass is 485 g/mol. The molecule has 1 aromatic heterocycles. The molecule has 0 amide bonds. The van der Waals surface area contributed by atoms with E-state index in [0.29, 0.717) is 16.5 Å². The van der Waals surface area contributed by atoms with Gasteiger partial charge in [0.25, 0.3) is 0 Å². The summed E-state index contributed by atoms with van der Waals surface area (Å²) < 4.78 is 38.4. The van der Waals surface area contributed by atoms with E-state index < -0.39 is 33.8 Å². The lowest BCUT2D eigenvalue weighted by Gasteiger charge is -2.23. The first-order valence-electron chi connectivity index (χ1n) is 11.0. The highest BCUT2D eigenvalue weighted by Crippen LogP contribution is 2.29. The molecule has 2 aromatic carbocycles. The van der Waals surface area contributed by atoms with Crippen LogP contribution in [0, 0.1) is 27.7 Å². The summed E-state index contributed by atoms with van der Waals surface area (Å²) in [6, 6.07) is 8.52. The van der Waals surface area contributed by atoms with Gasteiger partial charge in [-0.3, -0.25) is 4.79 Å². The third-order valence-electron chi connectivity index (χ3n) is 6.48. The smallest absolute Gasteiger partial charge is 0.336 e. The van der Waals surface area contributed by atoms with Gasteiger partial charge in [0.1, 0.15) is 18.2 Å². The van der Waals surface area contributed by atoms with E-state index in [1.54, 1.807) is 18.2 Å². The number of nitrogens with zero attached hydrogens (tertiary/aromatic N) is 1. The van der Waals surface area contributed by atoms with E-state index in [1.807, 2.05) is 33.8 Å². The lowest BCUT2D eigenvalue weighted by Crippen LogP contribution is -2.41. The second-order valence-corrected chi connectivity index (χ2v) is 10.7. The van der Waals surface area contributed by atoms with E-state index in [9.17, 15) is 23.1 Å². The summed E-state index contributed by atoms with van der Waals surface area (Å²) in [6.07, 6.45) is -1.06. The van der Waals surface area contributed by atoms with Gasteiger partial charge >= 0.3 is 11.6 Å². The molecule has 34 heavy (non-hydrogen) atoms. The molecule has 9 heteroatoms. The van der Waals surface area contributed by atoms with Crippen molar-refractivity contribution < 1.29 is 27.5 Å². The summed E-state index contributed by atoms with van der Waals surface area (Å²) >= 11 is 0. The molecule has 2 atom stereocenters. The molecule has 1 saturated heterocycles. The number of aryl methyl sites for hydroxylation is 4. The molecule has 180 valence electrons. The van der Waals surface area contributed by atoms with Crippen molar-refractivity contribution in [3.8, 4) is 0 Å². The van der Waals surface area contributed by atoms with Gasteiger partial charge in [0, 0.05) is 30.0 Å². The van der Waals surface area contributed by atoms with Crippen molar-refractivity contribution in [1.82, 2.24) is 4.31 Å². The number of esters is 1. The Hall–Kier alpha value is -3.01. The number of hydrogen-bond donors (Lipinski definition) is 1. The number of hydrogen-bond acceptors (Lipinski definition) is 7. The predicted octanol–water partition coefficient (Wildman–Crippen LogP) is 2.89. The number of aliphatic hydroxyl groups excluding tert-OH is 1. The maximum absolute atomic E-state index is 13.3. The van der Waals surface area contributed by atoms with Crippen LogP contribution in [0.25, 0.3) is 11.0 Å². The molecule has 1 fully saturated rings. The van der Waals surface area contributed by atoms with Crippen LogP contribution in [0.5, 0.6) is 0 Å². The Morgan fingerprint density at radius 2 is 1.79 bits per heavy atom. The van der Waals surface area contributed by atoms with Crippen molar-refractivity contribution in [2.75, 3.05) is 6.54 Å². The maximum atomic E-state index is 13.3. The van der Waals surface area contributed by atoms with Crippen molar-refractivity contribution in [3.05, 3.63) is 74.6 Å². The van der Waals surface area contributed by atoms with E-state index in [4.69, 9.17) is 9.15 Å². The lowest BCUT2D eigenvalue weighted by molar-refractivity contribution is -0.148. The number of ether oxygens (including phenoxy) is 1. The molecule has 3 aromatic rings. The average Bonchev–Trinajstić information content (AvgIpc) is 3.19. The number of rotatable bonds is 5. The Morgan fingerprint density at radius 3 is 2.50 bits per heavy atom. The molecule has 2 heterocycles. The molecular weight excluding hydrogens is 458 g/mol. The normalized spacial score (nSPS) is 19.0. The largest absolute Gasteiger partial charge is 0.460 e. The van der Waals surface area contributed by atoms with Crippen molar-refractivity contribution in [3.63, 3.8) is 0 Å². The molecule has 0 saturated carbocycles. The molecule has 0 bridgehead atoms. The summed E-state index contributed by atoms with van der Waals surface area (Å²) in [6.45, 7) is 6.99. The van der Waals surface area contributed by atoms with Gasteiger partial charge in [0.15, 0.2) is 0 Å². The van der Waals surface area contributed by atoms with Crippen LogP contribution in [0.2, 0.25) is 0 Å². The van der Waals surface area contributed by atoms with Gasteiger partial charge in [0.05, 0.1) is 11.0 Å². The third-order valence-corrected chi connectivity index (χ3v) is 8.35. The number of carbonyl (C=O) groups excluding carboxylic acids is 1.